The molecule has 0 saturated heterocycles. The maximum atomic E-state index is 12.7. The van der Waals surface area contributed by atoms with Crippen molar-refractivity contribution in [2.24, 2.45) is 0 Å². The summed E-state index contributed by atoms with van der Waals surface area (Å²) in [5.41, 5.74) is 1.90. The van der Waals surface area contributed by atoms with Gasteiger partial charge in [0.25, 0.3) is 11.6 Å². The van der Waals surface area contributed by atoms with Gasteiger partial charge in [-0.25, -0.2) is 0 Å². The smallest absolute Gasteiger partial charge is 0.291 e. The number of furan rings is 1. The van der Waals surface area contributed by atoms with E-state index in [0.29, 0.717) is 22.3 Å². The third-order valence-corrected chi connectivity index (χ3v) is 5.56. The van der Waals surface area contributed by atoms with Crippen LogP contribution in [0.5, 0.6) is 17.2 Å². The number of rotatable bonds is 9. The van der Waals surface area contributed by atoms with Gasteiger partial charge >= 0.3 is 0 Å². The molecule has 0 saturated carbocycles. The van der Waals surface area contributed by atoms with Crippen molar-refractivity contribution in [2.75, 3.05) is 5.32 Å². The molecule has 1 aromatic heterocycles. The lowest BCUT2D eigenvalue weighted by atomic mass is 10.2. The Morgan fingerprint density at radius 2 is 1.81 bits per heavy atom. The molecule has 0 atom stereocenters. The van der Waals surface area contributed by atoms with E-state index in [1.807, 2.05) is 24.3 Å². The molecule has 0 aliphatic heterocycles. The van der Waals surface area contributed by atoms with Crippen molar-refractivity contribution in [3.8, 4) is 17.2 Å². The number of non-ortho nitro benzene ring substituents is 1. The first-order valence-corrected chi connectivity index (χ1v) is 11.5. The standard InChI is InChI=1S/C27H23ClN2O6/c1-3-18-4-7-22(8-5-18)34-16-23-9-11-26(35-23)27(31)29-20-13-21(30(32)33)15-24(14-20)36-25-10-6-19(28)12-17(25)2/h4-15H,3,16H2,1-2H3,(H,29,31). The third kappa shape index (κ3) is 6.22. The Morgan fingerprint density at radius 3 is 2.50 bits per heavy atom. The average Bonchev–Trinajstić information content (AvgIpc) is 3.34. The van der Waals surface area contributed by atoms with Gasteiger partial charge in [-0.1, -0.05) is 30.7 Å². The zero-order valence-electron chi connectivity index (χ0n) is 19.6. The summed E-state index contributed by atoms with van der Waals surface area (Å²) in [5.74, 6) is 1.29. The summed E-state index contributed by atoms with van der Waals surface area (Å²) in [6.45, 7) is 4.03. The Kier molecular flexibility index (Phi) is 7.56. The van der Waals surface area contributed by atoms with Crippen LogP contribution in [0.4, 0.5) is 11.4 Å². The van der Waals surface area contributed by atoms with E-state index in [2.05, 4.69) is 12.2 Å². The second-order valence-electron chi connectivity index (χ2n) is 7.99. The summed E-state index contributed by atoms with van der Waals surface area (Å²) in [6, 6.07) is 19.9. The molecular weight excluding hydrogens is 484 g/mol. The molecule has 4 aromatic rings. The Hall–Kier alpha value is -4.30. The summed E-state index contributed by atoms with van der Waals surface area (Å²) in [5, 5.41) is 14.6. The molecule has 1 heterocycles. The molecule has 0 aliphatic carbocycles. The van der Waals surface area contributed by atoms with E-state index in [0.717, 1.165) is 12.0 Å². The molecule has 1 N–H and O–H groups in total. The molecule has 9 heteroatoms. The van der Waals surface area contributed by atoms with Gasteiger partial charge in [0, 0.05) is 17.2 Å². The van der Waals surface area contributed by atoms with E-state index in [9.17, 15) is 14.9 Å². The van der Waals surface area contributed by atoms with Crippen molar-refractivity contribution < 1.29 is 23.6 Å². The Labute approximate surface area is 212 Å². The van der Waals surface area contributed by atoms with Gasteiger partial charge < -0.3 is 19.2 Å². The van der Waals surface area contributed by atoms with Crippen molar-refractivity contribution in [3.05, 3.63) is 111 Å². The monoisotopic (exact) mass is 506 g/mol. The number of benzene rings is 3. The topological polar surface area (TPSA) is 104 Å². The van der Waals surface area contributed by atoms with Gasteiger partial charge in [-0.05, 0) is 66.9 Å². The molecule has 0 spiro atoms. The molecular formula is C27H23ClN2O6. The summed E-state index contributed by atoms with van der Waals surface area (Å²) in [7, 11) is 0. The van der Waals surface area contributed by atoms with Crippen LogP contribution in [0.1, 0.15) is 34.4 Å². The number of nitrogens with one attached hydrogen (secondary N) is 1. The lowest BCUT2D eigenvalue weighted by Gasteiger charge is -2.11. The molecule has 184 valence electrons. The number of hydrogen-bond donors (Lipinski definition) is 1. The first-order valence-electron chi connectivity index (χ1n) is 11.2. The van der Waals surface area contributed by atoms with Crippen LogP contribution >= 0.6 is 11.6 Å². The first-order chi connectivity index (χ1) is 17.3. The molecule has 0 unspecified atom stereocenters. The fourth-order valence-electron chi connectivity index (χ4n) is 3.42. The van der Waals surface area contributed by atoms with Crippen LogP contribution in [0.15, 0.2) is 77.2 Å². The minimum absolute atomic E-state index is 0.0393. The number of nitro benzene ring substituents is 1. The summed E-state index contributed by atoms with van der Waals surface area (Å²) < 4.78 is 17.1. The molecule has 0 aliphatic rings. The van der Waals surface area contributed by atoms with Crippen LogP contribution in [-0.2, 0) is 13.0 Å². The van der Waals surface area contributed by atoms with Gasteiger partial charge in [-0.3, -0.25) is 14.9 Å². The molecule has 4 rings (SSSR count). The van der Waals surface area contributed by atoms with Gasteiger partial charge in [0.1, 0.15) is 29.6 Å². The van der Waals surface area contributed by atoms with Crippen molar-refractivity contribution in [3.63, 3.8) is 0 Å². The third-order valence-electron chi connectivity index (χ3n) is 5.32. The van der Waals surface area contributed by atoms with E-state index in [1.54, 1.807) is 31.2 Å². The number of anilines is 1. The Bertz CT molecular complexity index is 1400. The van der Waals surface area contributed by atoms with Crippen LogP contribution in [-0.4, -0.2) is 10.8 Å². The molecule has 1 amide bonds. The Morgan fingerprint density at radius 1 is 1.03 bits per heavy atom. The van der Waals surface area contributed by atoms with Crippen molar-refractivity contribution in [1.82, 2.24) is 0 Å². The lowest BCUT2D eigenvalue weighted by molar-refractivity contribution is -0.384. The second kappa shape index (κ2) is 11.0. The molecule has 3 aromatic carbocycles. The summed E-state index contributed by atoms with van der Waals surface area (Å²) >= 11 is 5.98. The van der Waals surface area contributed by atoms with E-state index in [1.165, 1.54) is 29.8 Å². The minimum Gasteiger partial charge on any atom is -0.486 e. The highest BCUT2D eigenvalue weighted by atomic mass is 35.5. The van der Waals surface area contributed by atoms with Gasteiger partial charge in [-0.2, -0.15) is 0 Å². The predicted octanol–water partition coefficient (Wildman–Crippen LogP) is 7.34. The molecule has 0 fully saturated rings. The summed E-state index contributed by atoms with van der Waals surface area (Å²) in [6.07, 6.45) is 0.940. The zero-order valence-corrected chi connectivity index (χ0v) is 20.4. The van der Waals surface area contributed by atoms with Crippen LogP contribution in [0.25, 0.3) is 0 Å². The van der Waals surface area contributed by atoms with E-state index in [-0.39, 0.29) is 29.5 Å². The van der Waals surface area contributed by atoms with E-state index in [4.69, 9.17) is 25.5 Å². The molecule has 0 bridgehead atoms. The van der Waals surface area contributed by atoms with E-state index >= 15 is 0 Å². The minimum atomic E-state index is -0.567. The SMILES string of the molecule is CCc1ccc(OCc2ccc(C(=O)Nc3cc(Oc4ccc(Cl)cc4C)cc([N+](=O)[O-])c3)o2)cc1. The molecule has 8 nitrogen and oxygen atoms in total. The first kappa shape index (κ1) is 24.8. The molecule has 0 radical (unpaired) electrons. The number of amides is 1. The average molecular weight is 507 g/mol. The summed E-state index contributed by atoms with van der Waals surface area (Å²) in [4.78, 5) is 23.6. The van der Waals surface area contributed by atoms with Crippen molar-refractivity contribution in [2.45, 2.75) is 26.9 Å². The highest BCUT2D eigenvalue weighted by molar-refractivity contribution is 6.30. The number of carbonyl (C=O) groups excluding carboxylic acids is 1. The van der Waals surface area contributed by atoms with Crippen LogP contribution in [0.2, 0.25) is 5.02 Å². The van der Waals surface area contributed by atoms with Gasteiger partial charge in [0.05, 0.1) is 16.7 Å². The fraction of sp³-hybridized carbons (Fsp3) is 0.148. The highest BCUT2D eigenvalue weighted by Gasteiger charge is 2.17. The normalized spacial score (nSPS) is 10.6. The quantitative estimate of drug-likeness (QED) is 0.188. The fourth-order valence-corrected chi connectivity index (χ4v) is 3.65. The number of nitro groups is 1. The number of aryl methyl sites for hydroxylation is 2. The maximum absolute atomic E-state index is 12.7. The number of ether oxygens (including phenoxy) is 2. The largest absolute Gasteiger partial charge is 0.486 e. The zero-order chi connectivity index (χ0) is 25.7. The number of hydrogen-bond acceptors (Lipinski definition) is 6. The second-order valence-corrected chi connectivity index (χ2v) is 8.43. The Balaban J connectivity index is 1.45. The van der Waals surface area contributed by atoms with Gasteiger partial charge in [-0.15, -0.1) is 0 Å². The molecule has 36 heavy (non-hydrogen) atoms. The lowest BCUT2D eigenvalue weighted by Crippen LogP contribution is -2.11. The van der Waals surface area contributed by atoms with Gasteiger partial charge in [0.2, 0.25) is 0 Å². The predicted molar refractivity (Wildman–Crippen MR) is 136 cm³/mol. The number of halogens is 1. The van der Waals surface area contributed by atoms with Crippen molar-refractivity contribution >= 4 is 28.9 Å². The number of carbonyl (C=O) groups is 1. The van der Waals surface area contributed by atoms with Crippen LogP contribution < -0.4 is 14.8 Å². The van der Waals surface area contributed by atoms with E-state index < -0.39 is 10.8 Å². The van der Waals surface area contributed by atoms with Crippen LogP contribution in [0, 0.1) is 17.0 Å². The van der Waals surface area contributed by atoms with Gasteiger partial charge in [0.15, 0.2) is 5.76 Å². The van der Waals surface area contributed by atoms with Crippen LogP contribution in [0.3, 0.4) is 0 Å². The van der Waals surface area contributed by atoms with Crippen molar-refractivity contribution in [1.29, 1.82) is 0 Å². The number of nitrogens with zero attached hydrogens (tertiary/aromatic N) is 1. The maximum Gasteiger partial charge on any atom is 0.291 e. The highest BCUT2D eigenvalue weighted by Crippen LogP contribution is 2.32.